The minimum atomic E-state index is -0.0815. The van der Waals surface area contributed by atoms with Crippen molar-refractivity contribution < 1.29 is 14.3 Å². The van der Waals surface area contributed by atoms with Crippen molar-refractivity contribution in [3.05, 3.63) is 45.9 Å². The molecule has 1 aromatic carbocycles. The van der Waals surface area contributed by atoms with Crippen LogP contribution in [0.4, 0.5) is 0 Å². The molecule has 4 heterocycles. The molecule has 3 fully saturated rings. The Hall–Kier alpha value is -2.48. The Morgan fingerprint density at radius 1 is 1.18 bits per heavy atom. The third kappa shape index (κ3) is 3.80. The van der Waals surface area contributed by atoms with Crippen LogP contribution >= 0.6 is 22.9 Å². The number of aromatic nitrogens is 1. The van der Waals surface area contributed by atoms with Crippen LogP contribution < -0.4 is 10.1 Å². The summed E-state index contributed by atoms with van der Waals surface area (Å²) < 4.78 is 7.55. The molecular formula is C26H26ClN3O3S. The lowest BCUT2D eigenvalue weighted by Gasteiger charge is -2.29. The van der Waals surface area contributed by atoms with Gasteiger partial charge in [0.15, 0.2) is 0 Å². The Morgan fingerprint density at radius 3 is 2.71 bits per heavy atom. The van der Waals surface area contributed by atoms with Gasteiger partial charge in [0.1, 0.15) is 11.9 Å². The number of rotatable bonds is 5. The predicted octanol–water partition coefficient (Wildman–Crippen LogP) is 4.95. The fourth-order valence-corrected chi connectivity index (χ4v) is 6.57. The van der Waals surface area contributed by atoms with Crippen molar-refractivity contribution in [1.82, 2.24) is 15.2 Å². The van der Waals surface area contributed by atoms with Crippen molar-refractivity contribution in [3.8, 4) is 16.9 Å². The van der Waals surface area contributed by atoms with Crippen LogP contribution in [0.25, 0.3) is 21.3 Å². The second-order valence-corrected chi connectivity index (χ2v) is 11.3. The molecule has 2 aliphatic heterocycles. The third-order valence-electron chi connectivity index (χ3n) is 7.16. The Balaban J connectivity index is 1.36. The van der Waals surface area contributed by atoms with Crippen LogP contribution in [0, 0.1) is 18.8 Å². The largest absolute Gasteiger partial charge is 0.488 e. The van der Waals surface area contributed by atoms with Crippen molar-refractivity contribution >= 4 is 45.0 Å². The number of carbonyl (C=O) groups excluding carboxylic acids is 2. The van der Waals surface area contributed by atoms with Gasteiger partial charge in [-0.15, -0.1) is 11.3 Å². The van der Waals surface area contributed by atoms with Gasteiger partial charge in [0, 0.05) is 39.8 Å². The molecule has 2 saturated heterocycles. The summed E-state index contributed by atoms with van der Waals surface area (Å²) in [5, 5.41) is 4.16. The van der Waals surface area contributed by atoms with Gasteiger partial charge >= 0.3 is 0 Å². The van der Waals surface area contributed by atoms with Crippen molar-refractivity contribution in [1.29, 1.82) is 0 Å². The summed E-state index contributed by atoms with van der Waals surface area (Å²) in [7, 11) is 0. The Morgan fingerprint density at radius 2 is 1.97 bits per heavy atom. The highest BCUT2D eigenvalue weighted by atomic mass is 35.5. The molecule has 1 aliphatic carbocycles. The van der Waals surface area contributed by atoms with Gasteiger partial charge in [0.2, 0.25) is 11.8 Å². The molecule has 1 saturated carbocycles. The topological polar surface area (TPSA) is 71.5 Å². The minimum Gasteiger partial charge on any atom is -0.488 e. The zero-order valence-electron chi connectivity index (χ0n) is 19.1. The number of fused-ring (bicyclic) bond motifs is 2. The number of pyridine rings is 1. The van der Waals surface area contributed by atoms with Crippen molar-refractivity contribution in [3.63, 3.8) is 0 Å². The second kappa shape index (κ2) is 8.33. The molecular weight excluding hydrogens is 470 g/mol. The first kappa shape index (κ1) is 22.0. The van der Waals surface area contributed by atoms with Gasteiger partial charge in [-0.1, -0.05) is 11.6 Å². The van der Waals surface area contributed by atoms with E-state index >= 15 is 0 Å². The van der Waals surface area contributed by atoms with Crippen molar-refractivity contribution in [2.45, 2.75) is 51.8 Å². The second-order valence-electron chi connectivity index (χ2n) is 9.72. The van der Waals surface area contributed by atoms with Crippen LogP contribution in [0.2, 0.25) is 5.02 Å². The van der Waals surface area contributed by atoms with Gasteiger partial charge in [-0.05, 0) is 62.9 Å². The average Bonchev–Trinajstić information content (AvgIpc) is 3.45. The first-order valence-electron chi connectivity index (χ1n) is 11.8. The summed E-state index contributed by atoms with van der Waals surface area (Å²) in [6.45, 7) is 5.35. The number of hydrogen-bond donors (Lipinski definition) is 1. The SMILES string of the molecule is Cc1cc(Cl)cc(-c2ccnc3cc(CN4C(=O)C5CC5C4=O)sc23)c1O[C@H]1CC[C@H](C)NC1. The highest BCUT2D eigenvalue weighted by molar-refractivity contribution is 7.19. The van der Waals surface area contributed by atoms with Gasteiger partial charge in [0.05, 0.1) is 28.6 Å². The van der Waals surface area contributed by atoms with Crippen LogP contribution in [0.3, 0.4) is 0 Å². The number of ether oxygens (including phenoxy) is 1. The molecule has 8 heteroatoms. The number of imide groups is 1. The third-order valence-corrected chi connectivity index (χ3v) is 8.52. The van der Waals surface area contributed by atoms with Crippen LogP contribution in [0.15, 0.2) is 30.5 Å². The summed E-state index contributed by atoms with van der Waals surface area (Å²) in [6, 6.07) is 8.38. The molecule has 3 aromatic rings. The smallest absolute Gasteiger partial charge is 0.233 e. The number of likely N-dealkylation sites (tertiary alicyclic amines) is 1. The zero-order valence-corrected chi connectivity index (χ0v) is 20.7. The number of aryl methyl sites for hydroxylation is 1. The molecule has 2 unspecified atom stereocenters. The molecule has 4 atom stereocenters. The molecule has 0 bridgehead atoms. The fraction of sp³-hybridized carbons (Fsp3) is 0.423. The Bertz CT molecular complexity index is 1290. The maximum absolute atomic E-state index is 12.5. The molecule has 2 aromatic heterocycles. The predicted molar refractivity (Wildman–Crippen MR) is 133 cm³/mol. The lowest BCUT2D eigenvalue weighted by molar-refractivity contribution is -0.141. The van der Waals surface area contributed by atoms with Crippen LogP contribution in [-0.2, 0) is 16.1 Å². The van der Waals surface area contributed by atoms with Gasteiger partial charge in [-0.2, -0.15) is 0 Å². The number of amides is 2. The van der Waals surface area contributed by atoms with Gasteiger partial charge in [-0.25, -0.2) is 0 Å². The fourth-order valence-electron chi connectivity index (χ4n) is 5.17. The lowest BCUT2D eigenvalue weighted by atomic mass is 10.0. The number of halogens is 1. The van der Waals surface area contributed by atoms with E-state index in [1.165, 1.54) is 4.90 Å². The van der Waals surface area contributed by atoms with Crippen molar-refractivity contribution in [2.75, 3.05) is 6.54 Å². The number of benzene rings is 1. The van der Waals surface area contributed by atoms with Gasteiger partial charge in [0.25, 0.3) is 0 Å². The van der Waals surface area contributed by atoms with Crippen LogP contribution in [0.5, 0.6) is 5.75 Å². The first-order chi connectivity index (χ1) is 16.4. The summed E-state index contributed by atoms with van der Waals surface area (Å²) in [5.41, 5.74) is 3.79. The van der Waals surface area contributed by atoms with E-state index in [2.05, 4.69) is 17.2 Å². The minimum absolute atomic E-state index is 0.0304. The summed E-state index contributed by atoms with van der Waals surface area (Å²) in [4.78, 5) is 31.8. The highest BCUT2D eigenvalue weighted by Crippen LogP contribution is 2.48. The first-order valence-corrected chi connectivity index (χ1v) is 13.0. The quantitative estimate of drug-likeness (QED) is 0.507. The van der Waals surface area contributed by atoms with E-state index in [0.717, 1.165) is 63.3 Å². The monoisotopic (exact) mass is 495 g/mol. The molecule has 2 amide bonds. The number of hydrogen-bond acceptors (Lipinski definition) is 6. The van der Waals surface area contributed by atoms with Crippen LogP contribution in [0.1, 0.15) is 36.6 Å². The standard InChI is InChI=1S/C26H26ClN3O3S/c1-13-7-15(27)8-19(23(13)33-16-4-3-14(2)29-11-16)18-5-6-28-22-9-17(34-24(18)22)12-30-25(31)20-10-21(20)26(30)32/h5-9,14,16,20-21,29H,3-4,10-12H2,1-2H3/t14-,16-,20?,21?/m0/s1. The van der Waals surface area contributed by atoms with E-state index in [1.54, 1.807) is 17.5 Å². The van der Waals surface area contributed by atoms with Crippen molar-refractivity contribution in [2.24, 2.45) is 11.8 Å². The van der Waals surface area contributed by atoms with Gasteiger partial charge in [-0.3, -0.25) is 19.5 Å². The molecule has 6 nitrogen and oxygen atoms in total. The summed E-state index contributed by atoms with van der Waals surface area (Å²) in [5.74, 6) is 0.622. The van der Waals surface area contributed by atoms with E-state index in [1.807, 2.05) is 31.2 Å². The highest BCUT2D eigenvalue weighted by Gasteiger charge is 2.58. The zero-order chi connectivity index (χ0) is 23.6. The van der Waals surface area contributed by atoms with E-state index in [4.69, 9.17) is 16.3 Å². The number of carbonyl (C=O) groups is 2. The number of nitrogens with zero attached hydrogens (tertiary/aromatic N) is 2. The Kier molecular flexibility index (Phi) is 5.39. The maximum Gasteiger partial charge on any atom is 0.233 e. The lowest BCUT2D eigenvalue weighted by Crippen LogP contribution is -2.42. The molecule has 0 spiro atoms. The van der Waals surface area contributed by atoms with E-state index in [0.29, 0.717) is 17.6 Å². The van der Waals surface area contributed by atoms with Gasteiger partial charge < -0.3 is 10.1 Å². The molecule has 6 rings (SSSR count). The molecule has 3 aliphatic rings. The average molecular weight is 496 g/mol. The molecule has 176 valence electrons. The van der Waals surface area contributed by atoms with E-state index in [-0.39, 0.29) is 29.8 Å². The summed E-state index contributed by atoms with van der Waals surface area (Å²) in [6.07, 6.45) is 4.70. The van der Waals surface area contributed by atoms with E-state index in [9.17, 15) is 9.59 Å². The van der Waals surface area contributed by atoms with Crippen LogP contribution in [-0.4, -0.2) is 40.4 Å². The number of piperidine rings is 2. The van der Waals surface area contributed by atoms with E-state index < -0.39 is 0 Å². The normalized spacial score (nSPS) is 26.3. The summed E-state index contributed by atoms with van der Waals surface area (Å²) >= 11 is 8.06. The maximum atomic E-state index is 12.5. The molecule has 1 N–H and O–H groups in total. The number of nitrogens with one attached hydrogen (secondary N) is 1. The Labute approximate surface area is 207 Å². The number of thiophene rings is 1. The molecule has 0 radical (unpaired) electrons. The molecule has 34 heavy (non-hydrogen) atoms.